The average Bonchev–Trinajstić information content (AvgIpc) is 2.69. The van der Waals surface area contributed by atoms with Gasteiger partial charge in [0.1, 0.15) is 0 Å². The summed E-state index contributed by atoms with van der Waals surface area (Å²) in [7, 11) is 0. The molecule has 1 saturated heterocycles. The highest BCUT2D eigenvalue weighted by Gasteiger charge is 2.23. The van der Waals surface area contributed by atoms with Crippen molar-refractivity contribution < 1.29 is 9.59 Å². The summed E-state index contributed by atoms with van der Waals surface area (Å²) in [6, 6.07) is 14.7. The molecule has 1 aliphatic rings. The Morgan fingerprint density at radius 1 is 1.00 bits per heavy atom. The van der Waals surface area contributed by atoms with Crippen molar-refractivity contribution in [3.63, 3.8) is 0 Å². The van der Waals surface area contributed by atoms with E-state index in [-0.39, 0.29) is 11.8 Å². The van der Waals surface area contributed by atoms with Crippen molar-refractivity contribution in [3.05, 3.63) is 59.1 Å². The van der Waals surface area contributed by atoms with E-state index in [1.165, 1.54) is 0 Å². The van der Waals surface area contributed by atoms with Crippen LogP contribution in [0.25, 0.3) is 0 Å². The van der Waals surface area contributed by atoms with E-state index in [4.69, 9.17) is 11.6 Å². The van der Waals surface area contributed by atoms with Crippen molar-refractivity contribution in [2.45, 2.75) is 4.90 Å². The number of hydrogen-bond donors (Lipinski definition) is 1. The third-order valence-electron chi connectivity index (χ3n) is 4.49. The number of hydrogen-bond acceptors (Lipinski definition) is 4. The molecule has 0 radical (unpaired) electrons. The molecule has 5 nitrogen and oxygen atoms in total. The molecule has 0 unspecified atom stereocenters. The standard InChI is InChI=1S/C20H22ClN3O2S/c1-27-18-8-6-17(7-9-18)22-19(25)14-23-10-12-24(13-11-23)20(26)15-2-4-16(21)5-3-15/h2-9H,10-14H2,1H3,(H,22,25). The smallest absolute Gasteiger partial charge is 0.253 e. The van der Waals surface area contributed by atoms with Gasteiger partial charge in [-0.1, -0.05) is 11.6 Å². The van der Waals surface area contributed by atoms with Gasteiger partial charge in [-0.05, 0) is 54.8 Å². The summed E-state index contributed by atoms with van der Waals surface area (Å²) < 4.78 is 0. The van der Waals surface area contributed by atoms with Gasteiger partial charge in [-0.2, -0.15) is 0 Å². The number of anilines is 1. The Balaban J connectivity index is 1.46. The maximum atomic E-state index is 12.5. The zero-order chi connectivity index (χ0) is 19.2. The quantitative estimate of drug-likeness (QED) is 0.777. The van der Waals surface area contributed by atoms with Crippen LogP contribution in [0.1, 0.15) is 10.4 Å². The molecule has 3 rings (SSSR count). The van der Waals surface area contributed by atoms with Gasteiger partial charge in [0.15, 0.2) is 0 Å². The summed E-state index contributed by atoms with van der Waals surface area (Å²) in [5.41, 5.74) is 1.44. The number of halogens is 1. The highest BCUT2D eigenvalue weighted by molar-refractivity contribution is 7.98. The van der Waals surface area contributed by atoms with Crippen molar-refractivity contribution in [2.24, 2.45) is 0 Å². The van der Waals surface area contributed by atoms with E-state index in [2.05, 4.69) is 10.2 Å². The largest absolute Gasteiger partial charge is 0.336 e. The number of benzene rings is 2. The number of amides is 2. The second kappa shape index (κ2) is 9.26. The zero-order valence-corrected chi connectivity index (χ0v) is 16.7. The lowest BCUT2D eigenvalue weighted by Crippen LogP contribution is -2.50. The maximum Gasteiger partial charge on any atom is 0.253 e. The Hall–Kier alpha value is -2.02. The summed E-state index contributed by atoms with van der Waals surface area (Å²) in [4.78, 5) is 29.8. The number of nitrogens with zero attached hydrogens (tertiary/aromatic N) is 2. The molecule has 1 heterocycles. The Morgan fingerprint density at radius 3 is 2.22 bits per heavy atom. The average molecular weight is 404 g/mol. The SMILES string of the molecule is CSc1ccc(NC(=O)CN2CCN(C(=O)c3ccc(Cl)cc3)CC2)cc1. The van der Waals surface area contributed by atoms with Gasteiger partial charge in [-0.15, -0.1) is 11.8 Å². The van der Waals surface area contributed by atoms with Crippen LogP contribution in [0.2, 0.25) is 5.02 Å². The van der Waals surface area contributed by atoms with Crippen molar-refractivity contribution in [2.75, 3.05) is 44.3 Å². The fraction of sp³-hybridized carbons (Fsp3) is 0.300. The van der Waals surface area contributed by atoms with Crippen LogP contribution >= 0.6 is 23.4 Å². The van der Waals surface area contributed by atoms with E-state index >= 15 is 0 Å². The number of nitrogens with one attached hydrogen (secondary N) is 1. The Morgan fingerprint density at radius 2 is 1.63 bits per heavy atom. The number of carbonyl (C=O) groups excluding carboxylic acids is 2. The van der Waals surface area contributed by atoms with Crippen molar-refractivity contribution >= 4 is 40.9 Å². The second-order valence-electron chi connectivity index (χ2n) is 6.35. The molecule has 7 heteroatoms. The Bertz CT molecular complexity index is 788. The van der Waals surface area contributed by atoms with Gasteiger partial charge in [0.05, 0.1) is 6.54 Å². The first-order valence-corrected chi connectivity index (χ1v) is 10.4. The molecule has 1 aliphatic heterocycles. The molecule has 2 aromatic rings. The third-order valence-corrected chi connectivity index (χ3v) is 5.49. The second-order valence-corrected chi connectivity index (χ2v) is 7.67. The van der Waals surface area contributed by atoms with Crippen LogP contribution in [0.5, 0.6) is 0 Å². The maximum absolute atomic E-state index is 12.5. The molecule has 2 aromatic carbocycles. The van der Waals surface area contributed by atoms with E-state index < -0.39 is 0 Å². The molecule has 27 heavy (non-hydrogen) atoms. The van der Waals surface area contributed by atoms with Gasteiger partial charge in [-0.25, -0.2) is 0 Å². The molecular weight excluding hydrogens is 382 g/mol. The number of thioether (sulfide) groups is 1. The van der Waals surface area contributed by atoms with E-state index in [9.17, 15) is 9.59 Å². The normalized spacial score (nSPS) is 14.8. The van der Waals surface area contributed by atoms with Gasteiger partial charge in [0, 0.05) is 47.3 Å². The zero-order valence-electron chi connectivity index (χ0n) is 15.2. The number of carbonyl (C=O) groups is 2. The van der Waals surface area contributed by atoms with Crippen LogP contribution in [0.4, 0.5) is 5.69 Å². The van der Waals surface area contributed by atoms with Crippen molar-refractivity contribution in [1.29, 1.82) is 0 Å². The minimum Gasteiger partial charge on any atom is -0.336 e. The van der Waals surface area contributed by atoms with Crippen LogP contribution in [-0.4, -0.2) is 60.6 Å². The lowest BCUT2D eigenvalue weighted by Gasteiger charge is -2.34. The lowest BCUT2D eigenvalue weighted by molar-refractivity contribution is -0.117. The highest BCUT2D eigenvalue weighted by atomic mass is 35.5. The number of rotatable bonds is 5. The van der Waals surface area contributed by atoms with Crippen LogP contribution in [0.15, 0.2) is 53.4 Å². The molecule has 0 aromatic heterocycles. The molecule has 0 spiro atoms. The molecular formula is C20H22ClN3O2S. The summed E-state index contributed by atoms with van der Waals surface area (Å²) in [5, 5.41) is 3.54. The van der Waals surface area contributed by atoms with Crippen LogP contribution < -0.4 is 5.32 Å². The highest BCUT2D eigenvalue weighted by Crippen LogP contribution is 2.17. The first-order chi connectivity index (χ1) is 13.0. The van der Waals surface area contributed by atoms with Crippen LogP contribution in [0.3, 0.4) is 0 Å². The van der Waals surface area contributed by atoms with Gasteiger partial charge in [-0.3, -0.25) is 14.5 Å². The lowest BCUT2D eigenvalue weighted by atomic mass is 10.2. The Labute approximate surface area is 168 Å². The summed E-state index contributed by atoms with van der Waals surface area (Å²) in [6.45, 7) is 2.90. The first-order valence-electron chi connectivity index (χ1n) is 8.76. The van der Waals surface area contributed by atoms with E-state index in [1.54, 1.807) is 36.0 Å². The fourth-order valence-electron chi connectivity index (χ4n) is 2.96. The summed E-state index contributed by atoms with van der Waals surface area (Å²) in [5.74, 6) is -0.0333. The molecule has 0 saturated carbocycles. The first kappa shape index (κ1) is 19.7. The number of piperazine rings is 1. The Kier molecular flexibility index (Phi) is 6.77. The molecule has 2 amide bonds. The molecule has 1 fully saturated rings. The van der Waals surface area contributed by atoms with Crippen LogP contribution in [0, 0.1) is 0 Å². The molecule has 142 valence electrons. The molecule has 1 N–H and O–H groups in total. The minimum absolute atomic E-state index is 0.00431. The fourth-order valence-corrected chi connectivity index (χ4v) is 3.50. The predicted molar refractivity (Wildman–Crippen MR) is 111 cm³/mol. The van der Waals surface area contributed by atoms with E-state index in [0.29, 0.717) is 43.3 Å². The molecule has 0 bridgehead atoms. The van der Waals surface area contributed by atoms with Gasteiger partial charge in [0.25, 0.3) is 5.91 Å². The van der Waals surface area contributed by atoms with Gasteiger partial charge in [0.2, 0.25) is 5.91 Å². The minimum atomic E-state index is -0.0376. The predicted octanol–water partition coefficient (Wildman–Crippen LogP) is 3.46. The van der Waals surface area contributed by atoms with Crippen molar-refractivity contribution in [3.8, 4) is 0 Å². The van der Waals surface area contributed by atoms with E-state index in [1.807, 2.05) is 35.4 Å². The van der Waals surface area contributed by atoms with Gasteiger partial charge >= 0.3 is 0 Å². The monoisotopic (exact) mass is 403 g/mol. The van der Waals surface area contributed by atoms with Gasteiger partial charge < -0.3 is 10.2 Å². The summed E-state index contributed by atoms with van der Waals surface area (Å²) >= 11 is 7.54. The van der Waals surface area contributed by atoms with E-state index in [0.717, 1.165) is 10.6 Å². The summed E-state index contributed by atoms with van der Waals surface area (Å²) in [6.07, 6.45) is 2.02. The molecule has 0 aliphatic carbocycles. The topological polar surface area (TPSA) is 52.7 Å². The molecule has 0 atom stereocenters. The third kappa shape index (κ3) is 5.48. The van der Waals surface area contributed by atoms with Crippen molar-refractivity contribution in [1.82, 2.24) is 9.80 Å². The van der Waals surface area contributed by atoms with Crippen LogP contribution in [-0.2, 0) is 4.79 Å².